The van der Waals surface area contributed by atoms with Crippen LogP contribution in [0.4, 0.5) is 15.8 Å². The Morgan fingerprint density at radius 2 is 2.10 bits per heavy atom. The average molecular weight is 350 g/mol. The predicted molar refractivity (Wildman–Crippen MR) is 79.2 cm³/mol. The van der Waals surface area contributed by atoms with Gasteiger partial charge >= 0.3 is 0 Å². The van der Waals surface area contributed by atoms with Crippen LogP contribution in [0.5, 0.6) is 0 Å². The fraction of sp³-hybridized carbons (Fsp3) is 0.0714. The first-order valence-electron chi connectivity index (χ1n) is 5.87. The van der Waals surface area contributed by atoms with E-state index in [0.717, 1.165) is 0 Å². The molecule has 21 heavy (non-hydrogen) atoms. The monoisotopic (exact) mass is 349 g/mol. The molecule has 2 aromatic rings. The SMILES string of the molecule is N#Cc1ccc([N+](=O)[O-])c(NCc2cc(F)ccc2Br)c1. The Morgan fingerprint density at radius 1 is 1.33 bits per heavy atom. The number of nitro benzene ring substituents is 1. The molecule has 0 aromatic heterocycles. The third kappa shape index (κ3) is 3.55. The molecular weight excluding hydrogens is 341 g/mol. The number of halogens is 2. The Hall–Kier alpha value is -2.46. The third-order valence-electron chi connectivity index (χ3n) is 2.80. The van der Waals surface area contributed by atoms with Gasteiger partial charge in [0.25, 0.3) is 5.69 Å². The minimum absolute atomic E-state index is 0.137. The van der Waals surface area contributed by atoms with Gasteiger partial charge in [0.1, 0.15) is 11.5 Å². The Labute approximate surface area is 128 Å². The Bertz CT molecular complexity index is 743. The minimum Gasteiger partial charge on any atom is -0.375 e. The van der Waals surface area contributed by atoms with E-state index in [4.69, 9.17) is 5.26 Å². The molecule has 2 rings (SSSR count). The number of nitrogens with zero attached hydrogens (tertiary/aromatic N) is 2. The van der Waals surface area contributed by atoms with Gasteiger partial charge in [-0.1, -0.05) is 15.9 Å². The van der Waals surface area contributed by atoms with Crippen LogP contribution in [0, 0.1) is 27.3 Å². The van der Waals surface area contributed by atoms with Crippen LogP contribution in [0.2, 0.25) is 0 Å². The fourth-order valence-corrected chi connectivity index (χ4v) is 2.16. The van der Waals surface area contributed by atoms with Crippen molar-refractivity contribution in [3.63, 3.8) is 0 Å². The molecule has 5 nitrogen and oxygen atoms in total. The summed E-state index contributed by atoms with van der Waals surface area (Å²) >= 11 is 3.29. The van der Waals surface area contributed by atoms with Crippen LogP contribution in [0.15, 0.2) is 40.9 Å². The lowest BCUT2D eigenvalue weighted by Gasteiger charge is -2.09. The molecule has 0 radical (unpaired) electrons. The molecule has 0 saturated carbocycles. The molecule has 0 unspecified atom stereocenters. The summed E-state index contributed by atoms with van der Waals surface area (Å²) in [5.41, 5.74) is 1.00. The van der Waals surface area contributed by atoms with Gasteiger partial charge in [-0.2, -0.15) is 5.26 Å². The van der Waals surface area contributed by atoms with Gasteiger partial charge in [-0.3, -0.25) is 10.1 Å². The number of hydrogen-bond donors (Lipinski definition) is 1. The predicted octanol–water partition coefficient (Wildman–Crippen LogP) is 3.98. The van der Waals surface area contributed by atoms with Gasteiger partial charge in [-0.05, 0) is 35.9 Å². The lowest BCUT2D eigenvalue weighted by Crippen LogP contribution is -2.04. The van der Waals surface area contributed by atoms with E-state index in [1.807, 2.05) is 6.07 Å². The summed E-state index contributed by atoms with van der Waals surface area (Å²) in [6.07, 6.45) is 0. The topological polar surface area (TPSA) is 79.0 Å². The van der Waals surface area contributed by atoms with E-state index in [1.165, 1.54) is 30.3 Å². The van der Waals surface area contributed by atoms with Gasteiger partial charge in [0, 0.05) is 17.1 Å². The van der Waals surface area contributed by atoms with Crippen LogP contribution in [-0.4, -0.2) is 4.92 Å². The van der Waals surface area contributed by atoms with Gasteiger partial charge in [0.2, 0.25) is 0 Å². The average Bonchev–Trinajstić information content (AvgIpc) is 2.47. The summed E-state index contributed by atoms with van der Waals surface area (Å²) in [7, 11) is 0. The van der Waals surface area contributed by atoms with Gasteiger partial charge in [-0.25, -0.2) is 4.39 Å². The number of rotatable bonds is 4. The number of nitriles is 1. The normalized spacial score (nSPS) is 9.95. The lowest BCUT2D eigenvalue weighted by molar-refractivity contribution is -0.384. The number of nitro groups is 1. The van der Waals surface area contributed by atoms with Crippen molar-refractivity contribution in [3.05, 3.63) is 67.9 Å². The second-order valence-electron chi connectivity index (χ2n) is 4.19. The minimum atomic E-state index is -0.538. The first-order chi connectivity index (χ1) is 10.0. The molecule has 0 heterocycles. The summed E-state index contributed by atoms with van der Waals surface area (Å²) in [6.45, 7) is 0.189. The Balaban J connectivity index is 2.28. The zero-order chi connectivity index (χ0) is 15.4. The summed E-state index contributed by atoms with van der Waals surface area (Å²) in [5, 5.41) is 22.7. The standard InChI is InChI=1S/C14H9BrFN3O2/c15-12-3-2-11(16)6-10(12)8-18-13-5-9(7-17)1-4-14(13)19(20)21/h1-6,18H,8H2. The van der Waals surface area contributed by atoms with Crippen molar-refractivity contribution in [3.8, 4) is 6.07 Å². The van der Waals surface area contributed by atoms with Gasteiger partial charge in [0.05, 0.1) is 16.6 Å². The number of benzene rings is 2. The van der Waals surface area contributed by atoms with E-state index in [0.29, 0.717) is 15.6 Å². The van der Waals surface area contributed by atoms with Gasteiger partial charge < -0.3 is 5.32 Å². The van der Waals surface area contributed by atoms with Gasteiger partial charge in [-0.15, -0.1) is 0 Å². The van der Waals surface area contributed by atoms with E-state index in [1.54, 1.807) is 6.07 Å². The van der Waals surface area contributed by atoms with Crippen LogP contribution in [0.25, 0.3) is 0 Å². The fourth-order valence-electron chi connectivity index (χ4n) is 1.78. The van der Waals surface area contributed by atoms with E-state index in [-0.39, 0.29) is 17.9 Å². The molecule has 0 saturated heterocycles. The van der Waals surface area contributed by atoms with Crippen LogP contribution in [0.1, 0.15) is 11.1 Å². The highest BCUT2D eigenvalue weighted by Crippen LogP contribution is 2.27. The van der Waals surface area contributed by atoms with E-state index in [9.17, 15) is 14.5 Å². The van der Waals surface area contributed by atoms with Crippen LogP contribution in [-0.2, 0) is 6.54 Å². The molecule has 0 bridgehead atoms. The van der Waals surface area contributed by atoms with Crippen LogP contribution in [0.3, 0.4) is 0 Å². The molecule has 0 aliphatic rings. The molecule has 0 aliphatic carbocycles. The second-order valence-corrected chi connectivity index (χ2v) is 5.04. The number of hydrogen-bond acceptors (Lipinski definition) is 4. The maximum Gasteiger partial charge on any atom is 0.292 e. The maximum atomic E-state index is 13.2. The van der Waals surface area contributed by atoms with E-state index < -0.39 is 10.7 Å². The van der Waals surface area contributed by atoms with Crippen molar-refractivity contribution in [2.45, 2.75) is 6.54 Å². The van der Waals surface area contributed by atoms with Crippen molar-refractivity contribution < 1.29 is 9.31 Å². The molecule has 1 N–H and O–H groups in total. The highest BCUT2D eigenvalue weighted by Gasteiger charge is 2.14. The summed E-state index contributed by atoms with van der Waals surface area (Å²) < 4.78 is 13.9. The summed E-state index contributed by atoms with van der Waals surface area (Å²) in [5.74, 6) is -0.393. The van der Waals surface area contributed by atoms with E-state index in [2.05, 4.69) is 21.2 Å². The van der Waals surface area contributed by atoms with Gasteiger partial charge in [0.15, 0.2) is 0 Å². The quantitative estimate of drug-likeness (QED) is 0.668. The molecule has 0 spiro atoms. The van der Waals surface area contributed by atoms with Crippen molar-refractivity contribution in [2.24, 2.45) is 0 Å². The largest absolute Gasteiger partial charge is 0.375 e. The molecule has 0 amide bonds. The summed E-state index contributed by atoms with van der Waals surface area (Å²) in [6, 6.07) is 10.2. The molecule has 0 atom stereocenters. The van der Waals surface area contributed by atoms with Crippen molar-refractivity contribution >= 4 is 27.3 Å². The van der Waals surface area contributed by atoms with Crippen molar-refractivity contribution in [2.75, 3.05) is 5.32 Å². The zero-order valence-corrected chi connectivity index (χ0v) is 12.2. The third-order valence-corrected chi connectivity index (χ3v) is 3.57. The smallest absolute Gasteiger partial charge is 0.292 e. The molecular formula is C14H9BrFN3O2. The van der Waals surface area contributed by atoms with Crippen molar-refractivity contribution in [1.82, 2.24) is 0 Å². The highest BCUT2D eigenvalue weighted by molar-refractivity contribution is 9.10. The summed E-state index contributed by atoms with van der Waals surface area (Å²) in [4.78, 5) is 10.4. The Kier molecular flexibility index (Phi) is 4.50. The number of nitrogens with one attached hydrogen (secondary N) is 1. The molecule has 106 valence electrons. The van der Waals surface area contributed by atoms with Crippen molar-refractivity contribution in [1.29, 1.82) is 5.26 Å². The molecule has 0 fully saturated rings. The molecule has 7 heteroatoms. The molecule has 0 aliphatic heterocycles. The second kappa shape index (κ2) is 6.33. The first kappa shape index (κ1) is 14.9. The first-order valence-corrected chi connectivity index (χ1v) is 6.67. The maximum absolute atomic E-state index is 13.2. The highest BCUT2D eigenvalue weighted by atomic mass is 79.9. The number of anilines is 1. The van der Waals surface area contributed by atoms with Crippen LogP contribution < -0.4 is 5.32 Å². The Morgan fingerprint density at radius 3 is 2.76 bits per heavy atom. The van der Waals surface area contributed by atoms with Crippen LogP contribution >= 0.6 is 15.9 Å². The lowest BCUT2D eigenvalue weighted by atomic mass is 10.1. The molecule has 2 aromatic carbocycles. The zero-order valence-electron chi connectivity index (χ0n) is 10.6. The van der Waals surface area contributed by atoms with E-state index >= 15 is 0 Å².